The number of likely N-dealkylation sites (tertiary alicyclic amines) is 1. The summed E-state index contributed by atoms with van der Waals surface area (Å²) >= 11 is 0. The third kappa shape index (κ3) is 2.97. The van der Waals surface area contributed by atoms with Crippen molar-refractivity contribution >= 4 is 6.09 Å². The monoisotopic (exact) mass is 249 g/mol. The molecule has 1 fully saturated rings. The number of rotatable bonds is 2. The predicted molar refractivity (Wildman–Crippen MR) is 67.3 cm³/mol. The van der Waals surface area contributed by atoms with Crippen LogP contribution in [0.15, 0.2) is 12.4 Å². The number of nitrogens with zero attached hydrogens (tertiary/aromatic N) is 3. The van der Waals surface area contributed by atoms with Crippen LogP contribution in [0.1, 0.15) is 37.1 Å². The van der Waals surface area contributed by atoms with Gasteiger partial charge in [-0.2, -0.15) is 0 Å². The van der Waals surface area contributed by atoms with Gasteiger partial charge in [-0.15, -0.1) is 0 Å². The van der Waals surface area contributed by atoms with Crippen LogP contribution >= 0.6 is 0 Å². The van der Waals surface area contributed by atoms with E-state index in [4.69, 9.17) is 4.74 Å². The molecule has 0 radical (unpaired) electrons. The van der Waals surface area contributed by atoms with E-state index < -0.39 is 0 Å². The van der Waals surface area contributed by atoms with Gasteiger partial charge in [0.05, 0.1) is 6.61 Å². The molecule has 98 valence electrons. The Kier molecular flexibility index (Phi) is 4.12. The second kappa shape index (κ2) is 5.80. The van der Waals surface area contributed by atoms with Gasteiger partial charge >= 0.3 is 6.09 Å². The summed E-state index contributed by atoms with van der Waals surface area (Å²) in [5, 5.41) is 0. The lowest BCUT2D eigenvalue weighted by Gasteiger charge is -2.31. The van der Waals surface area contributed by atoms with Gasteiger partial charge in [0.2, 0.25) is 0 Å². The van der Waals surface area contributed by atoms with Gasteiger partial charge in [-0.3, -0.25) is 0 Å². The second-order valence-electron chi connectivity index (χ2n) is 4.52. The van der Waals surface area contributed by atoms with Gasteiger partial charge in [0.25, 0.3) is 0 Å². The van der Waals surface area contributed by atoms with Crippen molar-refractivity contribution in [2.75, 3.05) is 19.7 Å². The molecule has 1 aliphatic rings. The molecule has 5 heteroatoms. The highest BCUT2D eigenvalue weighted by molar-refractivity contribution is 5.67. The fraction of sp³-hybridized carbons (Fsp3) is 0.615. The van der Waals surface area contributed by atoms with Crippen molar-refractivity contribution in [3.63, 3.8) is 0 Å². The summed E-state index contributed by atoms with van der Waals surface area (Å²) in [4.78, 5) is 21.8. The molecular weight excluding hydrogens is 230 g/mol. The lowest BCUT2D eigenvalue weighted by Crippen LogP contribution is -2.38. The molecule has 0 aromatic carbocycles. The largest absolute Gasteiger partial charge is 0.450 e. The van der Waals surface area contributed by atoms with E-state index in [0.29, 0.717) is 12.5 Å². The molecule has 5 nitrogen and oxygen atoms in total. The molecule has 1 aliphatic heterocycles. The molecule has 2 rings (SSSR count). The van der Waals surface area contributed by atoms with Crippen molar-refractivity contribution in [1.82, 2.24) is 14.9 Å². The van der Waals surface area contributed by atoms with Gasteiger partial charge in [-0.25, -0.2) is 14.8 Å². The summed E-state index contributed by atoms with van der Waals surface area (Å²) in [6, 6.07) is 0. The Balaban J connectivity index is 1.90. The molecule has 1 aromatic heterocycles. The Morgan fingerprint density at radius 1 is 1.39 bits per heavy atom. The zero-order chi connectivity index (χ0) is 13.0. The quantitative estimate of drug-likeness (QED) is 0.805. The molecule has 0 saturated carbocycles. The van der Waals surface area contributed by atoms with Gasteiger partial charge in [0.1, 0.15) is 5.82 Å². The molecule has 18 heavy (non-hydrogen) atoms. The van der Waals surface area contributed by atoms with Crippen molar-refractivity contribution in [2.24, 2.45) is 0 Å². The van der Waals surface area contributed by atoms with Gasteiger partial charge in [-0.05, 0) is 38.2 Å². The minimum atomic E-state index is -0.198. The van der Waals surface area contributed by atoms with Crippen molar-refractivity contribution < 1.29 is 9.53 Å². The smallest absolute Gasteiger partial charge is 0.409 e. The Hall–Kier alpha value is -1.65. The van der Waals surface area contributed by atoms with E-state index in [9.17, 15) is 4.79 Å². The maximum absolute atomic E-state index is 11.6. The lowest BCUT2D eigenvalue weighted by molar-refractivity contribution is 0.0970. The predicted octanol–water partition coefficient (Wildman–Crippen LogP) is 2.12. The van der Waals surface area contributed by atoms with Gasteiger partial charge in [0.15, 0.2) is 0 Å². The summed E-state index contributed by atoms with van der Waals surface area (Å²) in [6.45, 7) is 5.64. The minimum absolute atomic E-state index is 0.198. The first-order chi connectivity index (χ1) is 8.70. The molecule has 0 aliphatic carbocycles. The van der Waals surface area contributed by atoms with Crippen molar-refractivity contribution in [2.45, 2.75) is 32.6 Å². The van der Waals surface area contributed by atoms with E-state index in [1.54, 1.807) is 4.90 Å². The Morgan fingerprint density at radius 3 is 2.56 bits per heavy atom. The van der Waals surface area contributed by atoms with Crippen LogP contribution in [-0.4, -0.2) is 40.7 Å². The number of hydrogen-bond acceptors (Lipinski definition) is 4. The zero-order valence-electron chi connectivity index (χ0n) is 10.9. The highest BCUT2D eigenvalue weighted by atomic mass is 16.6. The SMILES string of the molecule is CCOC(=O)N1CCC(c2cnc(C)nc2)CC1. The summed E-state index contributed by atoms with van der Waals surface area (Å²) in [5.74, 6) is 1.25. The van der Waals surface area contributed by atoms with Gasteiger partial charge < -0.3 is 9.64 Å². The first-order valence-corrected chi connectivity index (χ1v) is 6.41. The third-order valence-corrected chi connectivity index (χ3v) is 3.29. The third-order valence-electron chi connectivity index (χ3n) is 3.29. The number of carbonyl (C=O) groups excluding carboxylic acids is 1. The van der Waals surface area contributed by atoms with Crippen LogP contribution in [0, 0.1) is 6.92 Å². The molecule has 0 N–H and O–H groups in total. The van der Waals surface area contributed by atoms with E-state index in [2.05, 4.69) is 9.97 Å². The molecule has 0 unspecified atom stereocenters. The van der Waals surface area contributed by atoms with E-state index in [1.807, 2.05) is 26.2 Å². The topological polar surface area (TPSA) is 55.3 Å². The fourth-order valence-corrected chi connectivity index (χ4v) is 2.22. The fourth-order valence-electron chi connectivity index (χ4n) is 2.22. The second-order valence-corrected chi connectivity index (χ2v) is 4.52. The average Bonchev–Trinajstić information content (AvgIpc) is 2.40. The number of aryl methyl sites for hydroxylation is 1. The van der Waals surface area contributed by atoms with Crippen LogP contribution < -0.4 is 0 Å². The number of ether oxygens (including phenoxy) is 1. The van der Waals surface area contributed by atoms with Crippen molar-refractivity contribution in [3.05, 3.63) is 23.8 Å². The van der Waals surface area contributed by atoms with Crippen LogP contribution in [0.3, 0.4) is 0 Å². The molecule has 1 amide bonds. The Labute approximate surface area is 107 Å². The van der Waals surface area contributed by atoms with Gasteiger partial charge in [0, 0.05) is 25.5 Å². The summed E-state index contributed by atoms with van der Waals surface area (Å²) in [5.41, 5.74) is 1.17. The molecule has 1 saturated heterocycles. The normalized spacial score (nSPS) is 16.7. The number of carbonyl (C=O) groups is 1. The molecule has 0 bridgehead atoms. The molecule has 0 atom stereocenters. The molecular formula is C13H19N3O2. The van der Waals surface area contributed by atoms with Gasteiger partial charge in [-0.1, -0.05) is 0 Å². The first-order valence-electron chi connectivity index (χ1n) is 6.41. The summed E-state index contributed by atoms with van der Waals surface area (Å²) < 4.78 is 5.00. The molecule has 1 aromatic rings. The lowest BCUT2D eigenvalue weighted by atomic mass is 9.91. The number of hydrogen-bond donors (Lipinski definition) is 0. The van der Waals surface area contributed by atoms with Crippen LogP contribution in [0.2, 0.25) is 0 Å². The van der Waals surface area contributed by atoms with E-state index in [0.717, 1.165) is 31.8 Å². The van der Waals surface area contributed by atoms with Crippen LogP contribution in [-0.2, 0) is 4.74 Å². The standard InChI is InChI=1S/C13H19N3O2/c1-3-18-13(17)16-6-4-11(5-7-16)12-8-14-10(2)15-9-12/h8-9,11H,3-7H2,1-2H3. The van der Waals surface area contributed by atoms with Crippen LogP contribution in [0.5, 0.6) is 0 Å². The van der Waals surface area contributed by atoms with Crippen LogP contribution in [0.25, 0.3) is 0 Å². The van der Waals surface area contributed by atoms with E-state index in [-0.39, 0.29) is 6.09 Å². The summed E-state index contributed by atoms with van der Waals surface area (Å²) in [7, 11) is 0. The number of amides is 1. The number of aromatic nitrogens is 2. The average molecular weight is 249 g/mol. The van der Waals surface area contributed by atoms with Crippen molar-refractivity contribution in [3.8, 4) is 0 Å². The maximum Gasteiger partial charge on any atom is 0.409 e. The summed E-state index contributed by atoms with van der Waals surface area (Å²) in [6.07, 6.45) is 5.49. The molecule has 0 spiro atoms. The first kappa shape index (κ1) is 12.8. The molecule has 2 heterocycles. The maximum atomic E-state index is 11.6. The highest BCUT2D eigenvalue weighted by Gasteiger charge is 2.24. The van der Waals surface area contributed by atoms with E-state index in [1.165, 1.54) is 5.56 Å². The highest BCUT2D eigenvalue weighted by Crippen LogP contribution is 2.27. The number of piperidine rings is 1. The van der Waals surface area contributed by atoms with E-state index >= 15 is 0 Å². The van der Waals surface area contributed by atoms with Crippen molar-refractivity contribution in [1.29, 1.82) is 0 Å². The minimum Gasteiger partial charge on any atom is -0.450 e. The Morgan fingerprint density at radius 2 is 2.00 bits per heavy atom. The zero-order valence-corrected chi connectivity index (χ0v) is 10.9. The Bertz CT molecular complexity index is 397. The van der Waals surface area contributed by atoms with Crippen LogP contribution in [0.4, 0.5) is 4.79 Å².